The Labute approximate surface area is 89.1 Å². The Morgan fingerprint density at radius 3 is 2.40 bits per heavy atom. The Balaban J connectivity index is 3.40. The van der Waals surface area contributed by atoms with Gasteiger partial charge < -0.3 is 4.74 Å². The van der Waals surface area contributed by atoms with Gasteiger partial charge in [-0.2, -0.15) is 0 Å². The summed E-state index contributed by atoms with van der Waals surface area (Å²) in [6.07, 6.45) is 0. The lowest BCUT2D eigenvalue weighted by molar-refractivity contribution is 0.0592. The van der Waals surface area contributed by atoms with Crippen molar-refractivity contribution < 1.29 is 13.9 Å². The first-order valence-electron chi connectivity index (χ1n) is 4.75. The van der Waals surface area contributed by atoms with Crippen molar-refractivity contribution in [1.82, 2.24) is 0 Å². The van der Waals surface area contributed by atoms with Gasteiger partial charge >= 0.3 is 5.97 Å². The molecule has 0 atom stereocenters. The number of halogens is 1. The summed E-state index contributed by atoms with van der Waals surface area (Å²) < 4.78 is 18.1. The number of esters is 1. The zero-order valence-electron chi connectivity index (χ0n) is 9.43. The molecule has 3 heteroatoms. The maximum Gasteiger partial charge on any atom is 0.341 e. The fourth-order valence-corrected chi connectivity index (χ4v) is 1.46. The fraction of sp³-hybridized carbons (Fsp3) is 0.417. The van der Waals surface area contributed by atoms with E-state index in [-0.39, 0.29) is 11.0 Å². The zero-order valence-corrected chi connectivity index (χ0v) is 9.43. The third kappa shape index (κ3) is 2.35. The van der Waals surface area contributed by atoms with Crippen LogP contribution in [0.5, 0.6) is 0 Å². The molecule has 0 spiro atoms. The Morgan fingerprint density at radius 2 is 1.93 bits per heavy atom. The summed E-state index contributed by atoms with van der Waals surface area (Å²) in [7, 11) is 1.25. The number of carbonyl (C=O) groups excluding carboxylic acids is 1. The largest absolute Gasteiger partial charge is 0.465 e. The van der Waals surface area contributed by atoms with Gasteiger partial charge in [-0.15, -0.1) is 0 Å². The lowest BCUT2D eigenvalue weighted by Crippen LogP contribution is -2.19. The highest BCUT2D eigenvalue weighted by Gasteiger charge is 2.24. The molecule has 0 bridgehead atoms. The summed E-state index contributed by atoms with van der Waals surface area (Å²) >= 11 is 0. The van der Waals surface area contributed by atoms with E-state index < -0.39 is 11.8 Å². The smallest absolute Gasteiger partial charge is 0.341 e. The number of ether oxygens (including phenoxy) is 1. The van der Waals surface area contributed by atoms with Crippen molar-refractivity contribution in [2.75, 3.05) is 7.11 Å². The summed E-state index contributed by atoms with van der Waals surface area (Å²) in [6, 6.07) is 4.61. The summed E-state index contributed by atoms with van der Waals surface area (Å²) in [5.74, 6) is -1.16. The van der Waals surface area contributed by atoms with Crippen LogP contribution in [0.3, 0.4) is 0 Å². The Kier molecular flexibility index (Phi) is 3.12. The maximum atomic E-state index is 13.5. The molecule has 0 saturated heterocycles. The van der Waals surface area contributed by atoms with E-state index in [9.17, 15) is 9.18 Å². The van der Waals surface area contributed by atoms with Crippen LogP contribution in [0.4, 0.5) is 4.39 Å². The average Bonchev–Trinajstić information content (AvgIpc) is 2.15. The first kappa shape index (κ1) is 11.7. The minimum Gasteiger partial charge on any atom is -0.465 e. The zero-order chi connectivity index (χ0) is 11.6. The average molecular weight is 210 g/mol. The number of rotatable bonds is 1. The van der Waals surface area contributed by atoms with Crippen LogP contribution in [0.15, 0.2) is 18.2 Å². The molecule has 0 unspecified atom stereocenters. The third-order valence-electron chi connectivity index (χ3n) is 2.21. The van der Waals surface area contributed by atoms with Crippen LogP contribution in [0.25, 0.3) is 0 Å². The van der Waals surface area contributed by atoms with Gasteiger partial charge in [0.1, 0.15) is 5.82 Å². The normalized spacial score (nSPS) is 11.3. The Bertz CT molecular complexity index is 378. The van der Waals surface area contributed by atoms with E-state index in [0.717, 1.165) is 0 Å². The summed E-state index contributed by atoms with van der Waals surface area (Å²) in [5.41, 5.74) is 0.410. The summed E-state index contributed by atoms with van der Waals surface area (Å²) in [6.45, 7) is 5.77. The van der Waals surface area contributed by atoms with Crippen LogP contribution in [-0.2, 0) is 10.2 Å². The van der Waals surface area contributed by atoms with Crippen molar-refractivity contribution in [1.29, 1.82) is 0 Å². The number of carbonyl (C=O) groups is 1. The number of methoxy groups -OCH3 is 1. The van der Waals surface area contributed by atoms with Gasteiger partial charge in [-0.25, -0.2) is 9.18 Å². The minimum atomic E-state index is -0.627. The monoisotopic (exact) mass is 210 g/mol. The molecule has 0 radical (unpaired) electrons. The number of hydrogen-bond acceptors (Lipinski definition) is 2. The molecule has 0 aliphatic carbocycles. The van der Waals surface area contributed by atoms with Gasteiger partial charge in [-0.1, -0.05) is 32.9 Å². The third-order valence-corrected chi connectivity index (χ3v) is 2.21. The van der Waals surface area contributed by atoms with Gasteiger partial charge in [-0.3, -0.25) is 0 Å². The first-order chi connectivity index (χ1) is 6.88. The van der Waals surface area contributed by atoms with E-state index in [4.69, 9.17) is 0 Å². The molecule has 0 fully saturated rings. The van der Waals surface area contributed by atoms with E-state index in [1.807, 2.05) is 20.8 Å². The van der Waals surface area contributed by atoms with Crippen molar-refractivity contribution in [2.24, 2.45) is 0 Å². The van der Waals surface area contributed by atoms with E-state index in [1.165, 1.54) is 13.2 Å². The fourth-order valence-electron chi connectivity index (χ4n) is 1.46. The molecule has 0 saturated carbocycles. The van der Waals surface area contributed by atoms with Crippen molar-refractivity contribution in [3.63, 3.8) is 0 Å². The second-order valence-corrected chi connectivity index (χ2v) is 4.40. The highest BCUT2D eigenvalue weighted by atomic mass is 19.1. The van der Waals surface area contributed by atoms with Crippen molar-refractivity contribution in [3.8, 4) is 0 Å². The SMILES string of the molecule is COC(=O)c1c(F)cccc1C(C)(C)C. The van der Waals surface area contributed by atoms with Crippen molar-refractivity contribution in [3.05, 3.63) is 35.1 Å². The predicted octanol–water partition coefficient (Wildman–Crippen LogP) is 2.91. The molecule has 0 aliphatic heterocycles. The molecule has 0 heterocycles. The predicted molar refractivity (Wildman–Crippen MR) is 56.4 cm³/mol. The van der Waals surface area contributed by atoms with Crippen molar-refractivity contribution in [2.45, 2.75) is 26.2 Å². The molecule has 0 N–H and O–H groups in total. The number of benzene rings is 1. The highest BCUT2D eigenvalue weighted by Crippen LogP contribution is 2.27. The van der Waals surface area contributed by atoms with Crippen LogP contribution < -0.4 is 0 Å². The summed E-state index contributed by atoms with van der Waals surface area (Å²) in [5, 5.41) is 0. The van der Waals surface area contributed by atoms with Gasteiger partial charge in [0, 0.05) is 0 Å². The molecule has 1 rings (SSSR count). The topological polar surface area (TPSA) is 26.3 Å². The molecule has 82 valence electrons. The molecule has 0 amide bonds. The van der Waals surface area contributed by atoms with Gasteiger partial charge in [-0.05, 0) is 17.0 Å². The molecular weight excluding hydrogens is 195 g/mol. The van der Waals surface area contributed by atoms with Gasteiger partial charge in [0.2, 0.25) is 0 Å². The lowest BCUT2D eigenvalue weighted by Gasteiger charge is -2.21. The quantitative estimate of drug-likeness (QED) is 0.666. The van der Waals surface area contributed by atoms with E-state index >= 15 is 0 Å². The molecule has 2 nitrogen and oxygen atoms in total. The van der Waals surface area contributed by atoms with Crippen molar-refractivity contribution >= 4 is 5.97 Å². The molecule has 0 aliphatic rings. The second-order valence-electron chi connectivity index (χ2n) is 4.40. The van der Waals surface area contributed by atoms with Crippen LogP contribution in [0, 0.1) is 5.82 Å². The summed E-state index contributed by atoms with van der Waals surface area (Å²) in [4.78, 5) is 11.4. The molecular formula is C12H15FO2. The van der Waals surface area contributed by atoms with Crippen LogP contribution >= 0.6 is 0 Å². The van der Waals surface area contributed by atoms with Crippen LogP contribution in [0.2, 0.25) is 0 Å². The van der Waals surface area contributed by atoms with E-state index in [1.54, 1.807) is 12.1 Å². The van der Waals surface area contributed by atoms with E-state index in [2.05, 4.69) is 4.74 Å². The number of hydrogen-bond donors (Lipinski definition) is 0. The Morgan fingerprint density at radius 1 is 1.33 bits per heavy atom. The van der Waals surface area contributed by atoms with Gasteiger partial charge in [0.05, 0.1) is 12.7 Å². The maximum absolute atomic E-state index is 13.5. The molecule has 0 aromatic heterocycles. The lowest BCUT2D eigenvalue weighted by atomic mass is 9.83. The van der Waals surface area contributed by atoms with Gasteiger partial charge in [0.25, 0.3) is 0 Å². The minimum absolute atomic E-state index is 0.0347. The first-order valence-corrected chi connectivity index (χ1v) is 4.75. The molecule has 1 aromatic rings. The van der Waals surface area contributed by atoms with Gasteiger partial charge in [0.15, 0.2) is 0 Å². The molecule has 1 aromatic carbocycles. The molecule has 15 heavy (non-hydrogen) atoms. The Hall–Kier alpha value is -1.38. The van der Waals surface area contributed by atoms with Crippen LogP contribution in [0.1, 0.15) is 36.7 Å². The highest BCUT2D eigenvalue weighted by molar-refractivity contribution is 5.91. The van der Waals surface area contributed by atoms with Crippen LogP contribution in [-0.4, -0.2) is 13.1 Å². The van der Waals surface area contributed by atoms with E-state index in [0.29, 0.717) is 5.56 Å². The second kappa shape index (κ2) is 4.01. The standard InChI is InChI=1S/C12H15FO2/c1-12(2,3)8-6-5-7-9(13)10(8)11(14)15-4/h5-7H,1-4H3.